The topological polar surface area (TPSA) is 20.2 Å². The lowest BCUT2D eigenvalue weighted by Gasteiger charge is -2.18. The van der Waals surface area contributed by atoms with Crippen molar-refractivity contribution in [1.29, 1.82) is 0 Å². The van der Waals surface area contributed by atoms with Gasteiger partial charge >= 0.3 is 0 Å². The van der Waals surface area contributed by atoms with Crippen LogP contribution in [-0.4, -0.2) is 5.11 Å². The molecule has 0 aromatic heterocycles. The largest absolute Gasteiger partial charge is 0.384 e. The van der Waals surface area contributed by atoms with Crippen LogP contribution >= 0.6 is 11.6 Å². The minimum atomic E-state index is -0.621. The van der Waals surface area contributed by atoms with Gasteiger partial charge in [0, 0.05) is 5.02 Å². The molecule has 0 aliphatic heterocycles. The molecule has 94 valence electrons. The van der Waals surface area contributed by atoms with Crippen molar-refractivity contribution in [3.63, 3.8) is 0 Å². The van der Waals surface area contributed by atoms with E-state index in [2.05, 4.69) is 19.1 Å². The van der Waals surface area contributed by atoms with Crippen LogP contribution in [0.2, 0.25) is 5.02 Å². The van der Waals surface area contributed by atoms with E-state index in [4.69, 9.17) is 11.6 Å². The molecule has 2 aromatic carbocycles. The first kappa shape index (κ1) is 13.1. The highest BCUT2D eigenvalue weighted by Crippen LogP contribution is 2.29. The van der Waals surface area contributed by atoms with E-state index in [0.29, 0.717) is 5.02 Å². The average molecular weight is 261 g/mol. The van der Waals surface area contributed by atoms with Crippen LogP contribution in [0.1, 0.15) is 33.9 Å². The summed E-state index contributed by atoms with van der Waals surface area (Å²) < 4.78 is 0. The van der Waals surface area contributed by atoms with Gasteiger partial charge in [-0.25, -0.2) is 0 Å². The second-order valence-electron chi connectivity index (χ2n) is 4.77. The van der Waals surface area contributed by atoms with Crippen molar-refractivity contribution in [2.45, 2.75) is 26.9 Å². The van der Waals surface area contributed by atoms with E-state index in [9.17, 15) is 5.11 Å². The maximum absolute atomic E-state index is 10.5. The zero-order chi connectivity index (χ0) is 13.3. The molecule has 0 aliphatic rings. The van der Waals surface area contributed by atoms with Crippen LogP contribution in [0.3, 0.4) is 0 Å². The number of aryl methyl sites for hydroxylation is 3. The Kier molecular flexibility index (Phi) is 3.74. The van der Waals surface area contributed by atoms with Gasteiger partial charge in [-0.2, -0.15) is 0 Å². The van der Waals surface area contributed by atoms with E-state index in [1.54, 1.807) is 0 Å². The molecule has 1 atom stereocenters. The SMILES string of the molecule is Cc1cc(C)c(C(O)c2cccc(Cl)c2)c(C)c1. The van der Waals surface area contributed by atoms with Crippen molar-refractivity contribution in [2.24, 2.45) is 0 Å². The molecule has 0 heterocycles. The molecule has 0 radical (unpaired) electrons. The first-order valence-corrected chi connectivity index (χ1v) is 6.38. The molecule has 2 rings (SSSR count). The molecule has 0 bridgehead atoms. The molecule has 0 saturated heterocycles. The smallest absolute Gasteiger partial charge is 0.105 e. The Hall–Kier alpha value is -1.31. The zero-order valence-electron chi connectivity index (χ0n) is 10.9. The summed E-state index contributed by atoms with van der Waals surface area (Å²) >= 11 is 5.97. The predicted octanol–water partition coefficient (Wildman–Crippen LogP) is 4.35. The van der Waals surface area contributed by atoms with Gasteiger partial charge < -0.3 is 5.11 Å². The van der Waals surface area contributed by atoms with Crippen LogP contribution in [-0.2, 0) is 0 Å². The molecule has 1 unspecified atom stereocenters. The fourth-order valence-electron chi connectivity index (χ4n) is 2.47. The molecule has 1 N–H and O–H groups in total. The minimum Gasteiger partial charge on any atom is -0.384 e. The van der Waals surface area contributed by atoms with E-state index in [0.717, 1.165) is 22.3 Å². The minimum absolute atomic E-state index is 0.621. The number of aliphatic hydroxyl groups excluding tert-OH is 1. The lowest BCUT2D eigenvalue weighted by molar-refractivity contribution is 0.219. The number of benzene rings is 2. The lowest BCUT2D eigenvalue weighted by Crippen LogP contribution is -2.05. The van der Waals surface area contributed by atoms with Crippen LogP contribution < -0.4 is 0 Å². The van der Waals surface area contributed by atoms with E-state index < -0.39 is 6.10 Å². The molecule has 0 aliphatic carbocycles. The van der Waals surface area contributed by atoms with Gasteiger partial charge in [0.15, 0.2) is 0 Å². The summed E-state index contributed by atoms with van der Waals surface area (Å²) in [5.41, 5.74) is 5.24. The maximum Gasteiger partial charge on any atom is 0.105 e. The second-order valence-corrected chi connectivity index (χ2v) is 5.21. The quantitative estimate of drug-likeness (QED) is 0.851. The van der Waals surface area contributed by atoms with Gasteiger partial charge in [0.25, 0.3) is 0 Å². The van der Waals surface area contributed by atoms with Gasteiger partial charge in [0.05, 0.1) is 0 Å². The van der Waals surface area contributed by atoms with Crippen molar-refractivity contribution in [1.82, 2.24) is 0 Å². The summed E-state index contributed by atoms with van der Waals surface area (Å²) in [5, 5.41) is 11.2. The third kappa shape index (κ3) is 2.58. The van der Waals surface area contributed by atoms with Crippen molar-refractivity contribution >= 4 is 11.6 Å². The van der Waals surface area contributed by atoms with Crippen molar-refractivity contribution in [2.75, 3.05) is 0 Å². The Morgan fingerprint density at radius 1 is 1.00 bits per heavy atom. The Morgan fingerprint density at radius 3 is 2.17 bits per heavy atom. The van der Waals surface area contributed by atoms with Gasteiger partial charge in [-0.3, -0.25) is 0 Å². The number of halogens is 1. The first-order valence-electron chi connectivity index (χ1n) is 6.00. The summed E-state index contributed by atoms with van der Waals surface area (Å²) in [5.74, 6) is 0. The normalized spacial score (nSPS) is 12.5. The third-order valence-corrected chi connectivity index (χ3v) is 3.41. The van der Waals surface area contributed by atoms with Crippen molar-refractivity contribution < 1.29 is 5.11 Å². The van der Waals surface area contributed by atoms with E-state index in [-0.39, 0.29) is 0 Å². The fraction of sp³-hybridized carbons (Fsp3) is 0.250. The number of hydrogen-bond acceptors (Lipinski definition) is 1. The third-order valence-electron chi connectivity index (χ3n) is 3.18. The monoisotopic (exact) mass is 260 g/mol. The van der Waals surface area contributed by atoms with Crippen LogP contribution in [0.15, 0.2) is 36.4 Å². The molecular formula is C16H17ClO. The summed E-state index contributed by atoms with van der Waals surface area (Å²) in [4.78, 5) is 0. The Morgan fingerprint density at radius 2 is 1.61 bits per heavy atom. The van der Waals surface area contributed by atoms with Gasteiger partial charge in [-0.1, -0.05) is 41.4 Å². The molecule has 0 amide bonds. The van der Waals surface area contributed by atoms with Crippen LogP contribution in [0.4, 0.5) is 0 Å². The van der Waals surface area contributed by atoms with Gasteiger partial charge in [-0.05, 0) is 55.2 Å². The molecule has 18 heavy (non-hydrogen) atoms. The van der Waals surface area contributed by atoms with Gasteiger partial charge in [-0.15, -0.1) is 0 Å². The Bertz CT molecular complexity index is 552. The summed E-state index contributed by atoms with van der Waals surface area (Å²) in [6.45, 7) is 6.13. The van der Waals surface area contributed by atoms with E-state index in [1.807, 2.05) is 38.1 Å². The number of rotatable bonds is 2. The molecule has 2 aromatic rings. The van der Waals surface area contributed by atoms with Crippen LogP contribution in [0.25, 0.3) is 0 Å². The lowest BCUT2D eigenvalue weighted by atomic mass is 9.92. The summed E-state index contributed by atoms with van der Waals surface area (Å²) in [7, 11) is 0. The van der Waals surface area contributed by atoms with Crippen LogP contribution in [0, 0.1) is 20.8 Å². The number of aliphatic hydroxyl groups is 1. The first-order chi connectivity index (χ1) is 8.49. The maximum atomic E-state index is 10.5. The van der Waals surface area contributed by atoms with E-state index >= 15 is 0 Å². The number of hydrogen-bond donors (Lipinski definition) is 1. The highest BCUT2D eigenvalue weighted by Gasteiger charge is 2.15. The summed E-state index contributed by atoms with van der Waals surface area (Å²) in [6, 6.07) is 11.6. The highest BCUT2D eigenvalue weighted by molar-refractivity contribution is 6.30. The van der Waals surface area contributed by atoms with Crippen molar-refractivity contribution in [3.8, 4) is 0 Å². The van der Waals surface area contributed by atoms with Gasteiger partial charge in [0.1, 0.15) is 6.10 Å². The molecule has 2 heteroatoms. The predicted molar refractivity (Wildman–Crippen MR) is 76.2 cm³/mol. The fourth-order valence-corrected chi connectivity index (χ4v) is 2.66. The zero-order valence-corrected chi connectivity index (χ0v) is 11.6. The molecule has 1 nitrogen and oxygen atoms in total. The Balaban J connectivity index is 2.49. The van der Waals surface area contributed by atoms with Gasteiger partial charge in [0.2, 0.25) is 0 Å². The standard InChI is InChI=1S/C16H17ClO/c1-10-7-11(2)15(12(3)8-10)16(18)13-5-4-6-14(17)9-13/h4-9,16,18H,1-3H3. The van der Waals surface area contributed by atoms with Crippen LogP contribution in [0.5, 0.6) is 0 Å². The van der Waals surface area contributed by atoms with E-state index in [1.165, 1.54) is 5.56 Å². The molecule has 0 fully saturated rings. The van der Waals surface area contributed by atoms with Crippen molar-refractivity contribution in [3.05, 3.63) is 69.2 Å². The Labute approximate surface area is 113 Å². The average Bonchev–Trinajstić information content (AvgIpc) is 2.27. The second kappa shape index (κ2) is 5.13. The molecule has 0 saturated carbocycles. The molecule has 0 spiro atoms. The highest BCUT2D eigenvalue weighted by atomic mass is 35.5. The molecular weight excluding hydrogens is 244 g/mol. The summed E-state index contributed by atoms with van der Waals surface area (Å²) in [6.07, 6.45) is -0.621.